The molecule has 1 aromatic rings. The zero-order valence-corrected chi connectivity index (χ0v) is 7.22. The van der Waals surface area contributed by atoms with E-state index in [0.29, 0.717) is 0 Å². The number of pyridine rings is 1. The van der Waals surface area contributed by atoms with E-state index in [1.165, 1.54) is 12.3 Å². The highest BCUT2D eigenvalue weighted by molar-refractivity contribution is 5.94. The molecule has 1 N–H and O–H groups in total. The molecule has 0 aliphatic rings. The van der Waals surface area contributed by atoms with Crippen LogP contribution in [-0.2, 0) is 4.79 Å². The van der Waals surface area contributed by atoms with Crippen LogP contribution in [0.3, 0.4) is 0 Å². The zero-order valence-electron chi connectivity index (χ0n) is 7.22. The summed E-state index contributed by atoms with van der Waals surface area (Å²) in [7, 11) is 0. The minimum atomic E-state index is -4.88. The van der Waals surface area contributed by atoms with E-state index in [1.807, 2.05) is 0 Å². The predicted octanol–water partition coefficient (Wildman–Crippen LogP) is 1.89. The number of nitrogens with zero attached hydrogens (tertiary/aromatic N) is 1. The van der Waals surface area contributed by atoms with E-state index in [2.05, 4.69) is 4.98 Å². The first-order valence-electron chi connectivity index (χ1n) is 3.70. The van der Waals surface area contributed by atoms with Crippen LogP contribution < -0.4 is 5.32 Å². The van der Waals surface area contributed by atoms with Crippen molar-refractivity contribution < 1.29 is 18.0 Å². The molecule has 0 unspecified atom stereocenters. The molecule has 6 heteroatoms. The second-order valence-corrected chi connectivity index (χ2v) is 2.67. The highest BCUT2D eigenvalue weighted by atomic mass is 19.4. The van der Waals surface area contributed by atoms with E-state index in [4.69, 9.17) is 0 Å². The molecule has 0 saturated carbocycles. The smallest absolute Gasteiger partial charge is 0.303 e. The number of aryl methyl sites for hydroxylation is 1. The Morgan fingerprint density at radius 2 is 2.07 bits per heavy atom. The summed E-state index contributed by atoms with van der Waals surface area (Å²) >= 11 is 0. The van der Waals surface area contributed by atoms with Crippen molar-refractivity contribution in [2.75, 3.05) is 5.32 Å². The Balaban J connectivity index is 2.71. The zero-order chi connectivity index (χ0) is 10.8. The molecule has 0 atom stereocenters. The Hall–Kier alpha value is -1.59. The van der Waals surface area contributed by atoms with Crippen LogP contribution in [-0.4, -0.2) is 17.1 Å². The number of alkyl halides is 3. The van der Waals surface area contributed by atoms with Crippen molar-refractivity contribution in [1.82, 2.24) is 4.98 Å². The van der Waals surface area contributed by atoms with Crippen molar-refractivity contribution in [1.29, 1.82) is 0 Å². The van der Waals surface area contributed by atoms with Crippen LogP contribution >= 0.6 is 0 Å². The highest BCUT2D eigenvalue weighted by Crippen LogP contribution is 2.17. The number of rotatable bonds is 1. The molecular formula is C8H7F3N2O. The number of halogens is 3. The van der Waals surface area contributed by atoms with Gasteiger partial charge in [-0.15, -0.1) is 0 Å². The molecule has 0 aliphatic heterocycles. The average molecular weight is 204 g/mol. The van der Waals surface area contributed by atoms with Crippen LogP contribution in [0, 0.1) is 6.92 Å². The number of hydrogen-bond donors (Lipinski definition) is 1. The largest absolute Gasteiger partial charge is 0.471 e. The normalized spacial score (nSPS) is 11.1. The predicted molar refractivity (Wildman–Crippen MR) is 43.7 cm³/mol. The molecule has 1 heterocycles. The van der Waals surface area contributed by atoms with Crippen molar-refractivity contribution in [3.63, 3.8) is 0 Å². The summed E-state index contributed by atoms with van der Waals surface area (Å²) in [5, 5.41) is 1.63. The molecule has 1 rings (SSSR count). The molecule has 0 aliphatic carbocycles. The van der Waals surface area contributed by atoms with E-state index in [-0.39, 0.29) is 5.82 Å². The minimum absolute atomic E-state index is 0.113. The maximum Gasteiger partial charge on any atom is 0.471 e. The quantitative estimate of drug-likeness (QED) is 0.758. The maximum absolute atomic E-state index is 11.8. The molecular weight excluding hydrogens is 197 g/mol. The van der Waals surface area contributed by atoms with Gasteiger partial charge in [-0.05, 0) is 18.6 Å². The molecule has 0 bridgehead atoms. The minimum Gasteiger partial charge on any atom is -0.303 e. The Kier molecular flexibility index (Phi) is 2.73. The summed E-state index contributed by atoms with van der Waals surface area (Å²) in [5.74, 6) is -2.13. The number of hydrogen-bond acceptors (Lipinski definition) is 2. The lowest BCUT2D eigenvalue weighted by Gasteiger charge is -2.06. The van der Waals surface area contributed by atoms with Gasteiger partial charge < -0.3 is 5.32 Å². The molecule has 0 fully saturated rings. The topological polar surface area (TPSA) is 42.0 Å². The first-order valence-corrected chi connectivity index (χ1v) is 3.70. The number of amides is 1. The van der Waals surface area contributed by atoms with Gasteiger partial charge >= 0.3 is 12.1 Å². The Morgan fingerprint density at radius 3 is 2.50 bits per heavy atom. The molecule has 14 heavy (non-hydrogen) atoms. The number of anilines is 1. The molecule has 0 aromatic carbocycles. The first kappa shape index (κ1) is 10.5. The summed E-state index contributed by atoms with van der Waals surface area (Å²) in [5.41, 5.74) is 0.801. The number of carbonyl (C=O) groups is 1. The van der Waals surface area contributed by atoms with Crippen LogP contribution in [0.4, 0.5) is 19.0 Å². The molecule has 3 nitrogen and oxygen atoms in total. The number of aromatic nitrogens is 1. The van der Waals surface area contributed by atoms with Gasteiger partial charge in [0, 0.05) is 6.20 Å². The molecule has 1 amide bonds. The van der Waals surface area contributed by atoms with Gasteiger partial charge in [0.15, 0.2) is 0 Å². The van der Waals surface area contributed by atoms with E-state index in [1.54, 1.807) is 18.3 Å². The summed E-state index contributed by atoms with van der Waals surface area (Å²) < 4.78 is 35.3. The van der Waals surface area contributed by atoms with Gasteiger partial charge in [-0.1, -0.05) is 6.07 Å². The Labute approximate surface area is 78.0 Å². The van der Waals surface area contributed by atoms with Crippen molar-refractivity contribution >= 4 is 11.7 Å². The molecule has 0 saturated heterocycles. The van der Waals surface area contributed by atoms with E-state index in [0.717, 1.165) is 5.56 Å². The van der Waals surface area contributed by atoms with Crippen LogP contribution in [0.15, 0.2) is 18.3 Å². The Morgan fingerprint density at radius 1 is 1.43 bits per heavy atom. The first-order chi connectivity index (χ1) is 6.39. The fourth-order valence-electron chi connectivity index (χ4n) is 0.729. The monoisotopic (exact) mass is 204 g/mol. The summed E-state index contributed by atoms with van der Waals surface area (Å²) in [6.07, 6.45) is -3.52. The fraction of sp³-hybridized carbons (Fsp3) is 0.250. The summed E-state index contributed by atoms with van der Waals surface area (Å²) in [6.45, 7) is 1.74. The SMILES string of the molecule is Cc1ccc(NC(=O)C(F)(F)F)nc1. The average Bonchev–Trinajstić information content (AvgIpc) is 2.07. The fourth-order valence-corrected chi connectivity index (χ4v) is 0.729. The van der Waals surface area contributed by atoms with Gasteiger partial charge in [-0.25, -0.2) is 4.98 Å². The van der Waals surface area contributed by atoms with Crippen LogP contribution in [0.2, 0.25) is 0 Å². The maximum atomic E-state index is 11.8. The molecule has 0 radical (unpaired) electrons. The third-order valence-corrected chi connectivity index (χ3v) is 1.41. The lowest BCUT2D eigenvalue weighted by atomic mass is 10.3. The van der Waals surface area contributed by atoms with E-state index in [9.17, 15) is 18.0 Å². The standard InChI is InChI=1S/C8H7F3N2O/c1-5-2-3-6(12-4-5)13-7(14)8(9,10)11/h2-4H,1H3,(H,12,13,14). The van der Waals surface area contributed by atoms with Crippen LogP contribution in [0.1, 0.15) is 5.56 Å². The van der Waals surface area contributed by atoms with Crippen molar-refractivity contribution in [3.8, 4) is 0 Å². The molecule has 0 spiro atoms. The molecule has 76 valence electrons. The van der Waals surface area contributed by atoms with Crippen molar-refractivity contribution in [3.05, 3.63) is 23.9 Å². The van der Waals surface area contributed by atoms with Gasteiger partial charge in [-0.3, -0.25) is 4.79 Å². The Bertz CT molecular complexity index is 331. The second kappa shape index (κ2) is 3.65. The third-order valence-electron chi connectivity index (χ3n) is 1.41. The van der Waals surface area contributed by atoms with Gasteiger partial charge in [0.25, 0.3) is 0 Å². The lowest BCUT2D eigenvalue weighted by Crippen LogP contribution is -2.30. The summed E-state index contributed by atoms with van der Waals surface area (Å²) in [6, 6.07) is 2.86. The number of nitrogens with one attached hydrogen (secondary N) is 1. The van der Waals surface area contributed by atoms with Gasteiger partial charge in [0.1, 0.15) is 5.82 Å². The van der Waals surface area contributed by atoms with Crippen LogP contribution in [0.25, 0.3) is 0 Å². The van der Waals surface area contributed by atoms with E-state index >= 15 is 0 Å². The number of carbonyl (C=O) groups excluding carboxylic acids is 1. The lowest BCUT2D eigenvalue weighted by molar-refractivity contribution is -0.167. The van der Waals surface area contributed by atoms with Gasteiger partial charge in [-0.2, -0.15) is 13.2 Å². The van der Waals surface area contributed by atoms with Gasteiger partial charge in [0.05, 0.1) is 0 Å². The highest BCUT2D eigenvalue weighted by Gasteiger charge is 2.38. The van der Waals surface area contributed by atoms with Crippen LogP contribution in [0.5, 0.6) is 0 Å². The third kappa shape index (κ3) is 2.72. The molecule has 1 aromatic heterocycles. The van der Waals surface area contributed by atoms with Crippen molar-refractivity contribution in [2.45, 2.75) is 13.1 Å². The van der Waals surface area contributed by atoms with E-state index < -0.39 is 12.1 Å². The van der Waals surface area contributed by atoms with Gasteiger partial charge in [0.2, 0.25) is 0 Å². The second-order valence-electron chi connectivity index (χ2n) is 2.67. The van der Waals surface area contributed by atoms with Crippen molar-refractivity contribution in [2.24, 2.45) is 0 Å². The summed E-state index contributed by atoms with van der Waals surface area (Å²) in [4.78, 5) is 14.0.